The molecule has 0 aromatic rings. The van der Waals surface area contributed by atoms with E-state index in [2.05, 4.69) is 0 Å². The first kappa shape index (κ1) is 5.82. The first-order valence-corrected chi connectivity index (χ1v) is 3.11. The van der Waals surface area contributed by atoms with Gasteiger partial charge in [0.1, 0.15) is 0 Å². The van der Waals surface area contributed by atoms with Crippen LogP contribution in [0.4, 0.5) is 4.39 Å². The molecular weight excluding hydrogens is 127 g/mol. The molecule has 0 bridgehead atoms. The lowest BCUT2D eigenvalue weighted by Gasteiger charge is -1.87. The van der Waals surface area contributed by atoms with Gasteiger partial charge in [0.25, 0.3) is 0 Å². The van der Waals surface area contributed by atoms with E-state index in [1.807, 2.05) is 0 Å². The van der Waals surface area contributed by atoms with Crippen LogP contribution >= 0.6 is 11.8 Å². The minimum absolute atomic E-state index is 0.0949. The molecule has 1 nitrogen and oxygen atoms in total. The molecule has 1 unspecified atom stereocenters. The Bertz CT molecular complexity index is 153. The molecule has 0 N–H and O–H groups in total. The van der Waals surface area contributed by atoms with Crippen molar-refractivity contribution in [2.75, 3.05) is 0 Å². The van der Waals surface area contributed by atoms with Crippen molar-refractivity contribution in [3.8, 4) is 0 Å². The monoisotopic (exact) mass is 132 g/mol. The highest BCUT2D eigenvalue weighted by Crippen LogP contribution is 2.30. The quantitative estimate of drug-likeness (QED) is 0.499. The Hall–Kier alpha value is -0.310. The van der Waals surface area contributed by atoms with Crippen molar-refractivity contribution >= 4 is 16.9 Å². The van der Waals surface area contributed by atoms with E-state index in [4.69, 9.17) is 0 Å². The van der Waals surface area contributed by atoms with Gasteiger partial charge in [-0.2, -0.15) is 4.39 Å². The number of hydrogen-bond acceptors (Lipinski definition) is 2. The van der Waals surface area contributed by atoms with Crippen LogP contribution in [0.3, 0.4) is 0 Å². The summed E-state index contributed by atoms with van der Waals surface area (Å²) in [5, 5.41) is -0.454. The summed E-state index contributed by atoms with van der Waals surface area (Å²) in [6, 6.07) is 0. The lowest BCUT2D eigenvalue weighted by molar-refractivity contribution is -0.112. The second-order valence-corrected chi connectivity index (χ2v) is 2.68. The molecule has 0 aromatic carbocycles. The highest BCUT2D eigenvalue weighted by molar-refractivity contribution is 8.17. The third-order valence-corrected chi connectivity index (χ3v) is 1.85. The summed E-state index contributed by atoms with van der Waals surface area (Å²) in [5.41, 5.74) is 0. The molecule has 0 amide bonds. The lowest BCUT2D eigenvalue weighted by Crippen LogP contribution is -1.95. The van der Waals surface area contributed by atoms with Crippen molar-refractivity contribution in [1.29, 1.82) is 0 Å². The molecular formula is C5H5FOS. The SMILES string of the molecule is CC1C=C(F)SC1=O. The van der Waals surface area contributed by atoms with Gasteiger partial charge in [-0.05, 0) is 17.8 Å². The molecule has 0 radical (unpaired) electrons. The van der Waals surface area contributed by atoms with Crippen molar-refractivity contribution in [1.82, 2.24) is 0 Å². The number of thioether (sulfide) groups is 1. The van der Waals surface area contributed by atoms with E-state index in [0.29, 0.717) is 11.8 Å². The standard InChI is InChI=1S/C5H5FOS/c1-3-2-4(6)8-5(3)7/h2-3H,1H3. The van der Waals surface area contributed by atoms with Crippen LogP contribution in [0.1, 0.15) is 6.92 Å². The van der Waals surface area contributed by atoms with Crippen molar-refractivity contribution in [3.05, 3.63) is 11.2 Å². The molecule has 1 heterocycles. The van der Waals surface area contributed by atoms with Crippen LogP contribution in [0.25, 0.3) is 0 Å². The van der Waals surface area contributed by atoms with Crippen LogP contribution in [-0.2, 0) is 4.79 Å². The van der Waals surface area contributed by atoms with Crippen molar-refractivity contribution in [3.63, 3.8) is 0 Å². The topological polar surface area (TPSA) is 17.1 Å². The Kier molecular flexibility index (Phi) is 1.38. The molecule has 0 saturated carbocycles. The fourth-order valence-electron chi connectivity index (χ4n) is 0.488. The molecule has 0 saturated heterocycles. The maximum atomic E-state index is 12.0. The van der Waals surface area contributed by atoms with E-state index in [0.717, 1.165) is 0 Å². The maximum Gasteiger partial charge on any atom is 0.202 e. The van der Waals surface area contributed by atoms with E-state index >= 15 is 0 Å². The van der Waals surface area contributed by atoms with Gasteiger partial charge < -0.3 is 0 Å². The van der Waals surface area contributed by atoms with Gasteiger partial charge >= 0.3 is 0 Å². The summed E-state index contributed by atoms with van der Waals surface area (Å²) in [6.07, 6.45) is 1.33. The minimum Gasteiger partial charge on any atom is -0.286 e. The van der Waals surface area contributed by atoms with Crippen LogP contribution in [0.2, 0.25) is 0 Å². The fourth-order valence-corrected chi connectivity index (χ4v) is 1.21. The first-order chi connectivity index (χ1) is 3.70. The van der Waals surface area contributed by atoms with E-state index in [-0.39, 0.29) is 16.2 Å². The van der Waals surface area contributed by atoms with Crippen molar-refractivity contribution in [2.45, 2.75) is 6.92 Å². The van der Waals surface area contributed by atoms with Gasteiger partial charge in [-0.15, -0.1) is 0 Å². The highest BCUT2D eigenvalue weighted by Gasteiger charge is 2.21. The molecule has 0 aliphatic carbocycles. The van der Waals surface area contributed by atoms with Gasteiger partial charge in [-0.1, -0.05) is 6.92 Å². The van der Waals surface area contributed by atoms with Crippen LogP contribution < -0.4 is 0 Å². The molecule has 0 aromatic heterocycles. The molecule has 1 rings (SSSR count). The van der Waals surface area contributed by atoms with Crippen LogP contribution in [0.5, 0.6) is 0 Å². The number of halogens is 1. The smallest absolute Gasteiger partial charge is 0.202 e. The second-order valence-electron chi connectivity index (χ2n) is 1.68. The van der Waals surface area contributed by atoms with E-state index < -0.39 is 0 Å². The molecule has 0 fully saturated rings. The lowest BCUT2D eigenvalue weighted by atomic mass is 10.2. The maximum absolute atomic E-state index is 12.0. The Morgan fingerprint density at radius 3 is 2.62 bits per heavy atom. The van der Waals surface area contributed by atoms with Gasteiger partial charge in [-0.3, -0.25) is 4.79 Å². The zero-order valence-corrected chi connectivity index (χ0v) is 5.17. The molecule has 1 atom stereocenters. The number of allylic oxidation sites excluding steroid dienone is 1. The summed E-state index contributed by atoms with van der Waals surface area (Å²) in [7, 11) is 0. The molecule has 0 spiro atoms. The summed E-state index contributed by atoms with van der Waals surface area (Å²) in [6.45, 7) is 1.68. The van der Waals surface area contributed by atoms with E-state index in [1.54, 1.807) is 6.92 Å². The number of rotatable bonds is 0. The van der Waals surface area contributed by atoms with Crippen molar-refractivity contribution in [2.24, 2.45) is 5.92 Å². The summed E-state index contributed by atoms with van der Waals surface area (Å²) < 4.78 is 12.0. The normalized spacial score (nSPS) is 28.5. The summed E-state index contributed by atoms with van der Waals surface area (Å²) in [5.74, 6) is -0.222. The van der Waals surface area contributed by atoms with Gasteiger partial charge in [0.05, 0.1) is 0 Å². The number of carbonyl (C=O) groups excluding carboxylic acids is 1. The van der Waals surface area contributed by atoms with Gasteiger partial charge in [-0.25, -0.2) is 0 Å². The van der Waals surface area contributed by atoms with E-state index in [9.17, 15) is 9.18 Å². The van der Waals surface area contributed by atoms with Gasteiger partial charge in [0.15, 0.2) is 5.16 Å². The fraction of sp³-hybridized carbons (Fsp3) is 0.400. The first-order valence-electron chi connectivity index (χ1n) is 2.29. The Morgan fingerprint density at radius 1 is 1.88 bits per heavy atom. The molecule has 8 heavy (non-hydrogen) atoms. The zero-order chi connectivity index (χ0) is 6.15. The molecule has 1 aliphatic heterocycles. The predicted molar refractivity (Wildman–Crippen MR) is 31.0 cm³/mol. The van der Waals surface area contributed by atoms with Gasteiger partial charge in [0, 0.05) is 5.92 Å². The number of carbonyl (C=O) groups is 1. The van der Waals surface area contributed by atoms with Gasteiger partial charge in [0.2, 0.25) is 5.12 Å². The Morgan fingerprint density at radius 2 is 2.50 bits per heavy atom. The third-order valence-electron chi connectivity index (χ3n) is 0.951. The molecule has 44 valence electrons. The summed E-state index contributed by atoms with van der Waals surface area (Å²) in [4.78, 5) is 10.5. The number of hydrogen-bond donors (Lipinski definition) is 0. The van der Waals surface area contributed by atoms with E-state index in [1.165, 1.54) is 6.08 Å². The molecule has 1 aliphatic rings. The predicted octanol–water partition coefficient (Wildman–Crippen LogP) is 1.71. The van der Waals surface area contributed by atoms with Crippen LogP contribution in [0.15, 0.2) is 11.2 Å². The van der Waals surface area contributed by atoms with Crippen LogP contribution in [0, 0.1) is 5.92 Å². The third kappa shape index (κ3) is 0.916. The highest BCUT2D eigenvalue weighted by atomic mass is 32.2. The molecule has 3 heteroatoms. The largest absolute Gasteiger partial charge is 0.286 e. The summed E-state index contributed by atoms with van der Waals surface area (Å²) >= 11 is 0.684. The average Bonchev–Trinajstić information content (AvgIpc) is 1.85. The Labute approximate surface area is 51.0 Å². The second kappa shape index (κ2) is 1.90. The van der Waals surface area contributed by atoms with Crippen LogP contribution in [-0.4, -0.2) is 5.12 Å². The zero-order valence-electron chi connectivity index (χ0n) is 4.35. The van der Waals surface area contributed by atoms with Crippen molar-refractivity contribution < 1.29 is 9.18 Å². The Balaban J connectivity index is 2.69. The average molecular weight is 132 g/mol. The minimum atomic E-state index is -0.359.